The Morgan fingerprint density at radius 1 is 1.30 bits per heavy atom. The lowest BCUT2D eigenvalue weighted by Gasteiger charge is -2.13. The van der Waals surface area contributed by atoms with Gasteiger partial charge in [0, 0.05) is 18.7 Å². The van der Waals surface area contributed by atoms with Crippen molar-refractivity contribution >= 4 is 18.0 Å². The van der Waals surface area contributed by atoms with E-state index in [-0.39, 0.29) is 12.5 Å². The molecule has 108 valence electrons. The summed E-state index contributed by atoms with van der Waals surface area (Å²) < 4.78 is 9.73. The van der Waals surface area contributed by atoms with Gasteiger partial charge in [-0.3, -0.25) is 9.59 Å². The first-order valence-corrected chi connectivity index (χ1v) is 6.12. The lowest BCUT2D eigenvalue weighted by Crippen LogP contribution is -2.31. The second-order valence-electron chi connectivity index (χ2n) is 4.35. The second-order valence-corrected chi connectivity index (χ2v) is 4.35. The highest BCUT2D eigenvalue weighted by molar-refractivity contribution is 5.93. The minimum absolute atomic E-state index is 0.0787. The molecule has 0 unspecified atom stereocenters. The Hall–Kier alpha value is -2.30. The summed E-state index contributed by atoms with van der Waals surface area (Å²) in [7, 11) is 4.40. The minimum Gasteiger partial charge on any atom is -0.496 e. The van der Waals surface area contributed by atoms with Crippen LogP contribution in [0, 0.1) is 6.92 Å². The summed E-state index contributed by atoms with van der Waals surface area (Å²) in [6, 6.07) is 5.70. The summed E-state index contributed by atoms with van der Waals surface area (Å²) in [6.07, 6.45) is 3.07. The lowest BCUT2D eigenvalue weighted by atomic mass is 10.1. The Labute approximate surface area is 118 Å². The maximum absolute atomic E-state index is 11.8. The van der Waals surface area contributed by atoms with Crippen molar-refractivity contribution in [3.05, 3.63) is 35.4 Å². The van der Waals surface area contributed by atoms with E-state index in [0.29, 0.717) is 5.75 Å². The number of methoxy groups -OCH3 is 2. The Bertz CT molecular complexity index is 523. The minimum atomic E-state index is -0.456. The van der Waals surface area contributed by atoms with Crippen molar-refractivity contribution < 1.29 is 19.1 Å². The van der Waals surface area contributed by atoms with Gasteiger partial charge in [0.05, 0.1) is 14.2 Å². The van der Waals surface area contributed by atoms with Crippen molar-refractivity contribution in [2.75, 3.05) is 27.8 Å². The highest BCUT2D eigenvalue weighted by atomic mass is 16.5. The normalized spacial score (nSPS) is 10.4. The molecule has 5 heteroatoms. The monoisotopic (exact) mass is 277 g/mol. The van der Waals surface area contributed by atoms with E-state index < -0.39 is 5.97 Å². The van der Waals surface area contributed by atoms with E-state index in [1.807, 2.05) is 25.1 Å². The molecular weight excluding hydrogens is 258 g/mol. The van der Waals surface area contributed by atoms with Crippen molar-refractivity contribution in [3.63, 3.8) is 0 Å². The average Bonchev–Trinajstić information content (AvgIpc) is 2.44. The van der Waals surface area contributed by atoms with Crippen LogP contribution in [0.5, 0.6) is 5.75 Å². The second kappa shape index (κ2) is 7.33. The fourth-order valence-corrected chi connectivity index (χ4v) is 1.61. The topological polar surface area (TPSA) is 55.8 Å². The SMILES string of the molecule is COC(=O)CN(C)C(=O)/C=C/c1cc(C)ccc1OC. The molecule has 1 aromatic rings. The molecule has 0 aromatic heterocycles. The molecule has 5 nitrogen and oxygen atoms in total. The number of benzene rings is 1. The summed E-state index contributed by atoms with van der Waals surface area (Å²) >= 11 is 0. The summed E-state index contributed by atoms with van der Waals surface area (Å²) in [4.78, 5) is 24.2. The number of likely N-dealkylation sites (N-methyl/N-ethyl adjacent to an activating group) is 1. The molecule has 0 bridgehead atoms. The fraction of sp³-hybridized carbons (Fsp3) is 0.333. The number of hydrogen-bond acceptors (Lipinski definition) is 4. The maximum Gasteiger partial charge on any atom is 0.325 e. The molecule has 0 saturated heterocycles. The predicted octanol–water partition coefficient (Wildman–Crippen LogP) is 1.65. The van der Waals surface area contributed by atoms with Gasteiger partial charge < -0.3 is 14.4 Å². The molecule has 0 saturated carbocycles. The van der Waals surface area contributed by atoms with Crippen molar-refractivity contribution in [2.45, 2.75) is 6.92 Å². The van der Waals surface area contributed by atoms with Crippen LogP contribution >= 0.6 is 0 Å². The van der Waals surface area contributed by atoms with Gasteiger partial charge >= 0.3 is 5.97 Å². The zero-order chi connectivity index (χ0) is 15.1. The Morgan fingerprint density at radius 3 is 2.60 bits per heavy atom. The van der Waals surface area contributed by atoms with E-state index >= 15 is 0 Å². The third-order valence-electron chi connectivity index (χ3n) is 2.76. The van der Waals surface area contributed by atoms with Crippen LogP contribution < -0.4 is 4.74 Å². The predicted molar refractivity (Wildman–Crippen MR) is 76.4 cm³/mol. The summed E-state index contributed by atoms with van der Waals surface area (Å²) in [5, 5.41) is 0. The zero-order valence-electron chi connectivity index (χ0n) is 12.2. The summed E-state index contributed by atoms with van der Waals surface area (Å²) in [5.74, 6) is -0.0448. The molecule has 20 heavy (non-hydrogen) atoms. The number of nitrogens with zero attached hydrogens (tertiary/aromatic N) is 1. The molecule has 1 rings (SSSR count). The van der Waals surface area contributed by atoms with E-state index in [2.05, 4.69) is 4.74 Å². The molecule has 0 heterocycles. The zero-order valence-corrected chi connectivity index (χ0v) is 12.2. The van der Waals surface area contributed by atoms with E-state index in [1.54, 1.807) is 13.2 Å². The first kappa shape index (κ1) is 15.8. The molecule has 1 amide bonds. The molecular formula is C15H19NO4. The Balaban J connectivity index is 2.79. The molecule has 0 aliphatic rings. The molecule has 0 aliphatic carbocycles. The van der Waals surface area contributed by atoms with Crippen LogP contribution in [0.4, 0.5) is 0 Å². The number of hydrogen-bond donors (Lipinski definition) is 0. The van der Waals surface area contributed by atoms with Gasteiger partial charge in [0.15, 0.2) is 0 Å². The summed E-state index contributed by atoms with van der Waals surface area (Å²) in [5.41, 5.74) is 1.88. The van der Waals surface area contributed by atoms with E-state index in [0.717, 1.165) is 11.1 Å². The van der Waals surface area contributed by atoms with Crippen molar-refractivity contribution in [2.24, 2.45) is 0 Å². The third kappa shape index (κ3) is 4.42. The number of carbonyl (C=O) groups is 2. The largest absolute Gasteiger partial charge is 0.496 e. The van der Waals surface area contributed by atoms with Gasteiger partial charge in [-0.1, -0.05) is 11.6 Å². The van der Waals surface area contributed by atoms with Crippen LogP contribution in [0.1, 0.15) is 11.1 Å². The van der Waals surface area contributed by atoms with Gasteiger partial charge in [-0.25, -0.2) is 0 Å². The highest BCUT2D eigenvalue weighted by Crippen LogP contribution is 2.20. The quantitative estimate of drug-likeness (QED) is 0.606. The average molecular weight is 277 g/mol. The van der Waals surface area contributed by atoms with Crippen molar-refractivity contribution in [1.82, 2.24) is 4.90 Å². The number of rotatable bonds is 5. The standard InChI is InChI=1S/C15H19NO4/c1-11-5-7-13(19-3)12(9-11)6-8-14(17)16(2)10-15(18)20-4/h5-9H,10H2,1-4H3/b8-6+. The number of ether oxygens (including phenoxy) is 2. The summed E-state index contributed by atoms with van der Waals surface area (Å²) in [6.45, 7) is 1.88. The number of carbonyl (C=O) groups excluding carboxylic acids is 2. The van der Waals surface area contributed by atoms with Gasteiger partial charge in [-0.2, -0.15) is 0 Å². The van der Waals surface area contributed by atoms with Crippen LogP contribution in [0.25, 0.3) is 6.08 Å². The Morgan fingerprint density at radius 2 is 2.00 bits per heavy atom. The van der Waals surface area contributed by atoms with Gasteiger partial charge in [-0.05, 0) is 25.1 Å². The van der Waals surface area contributed by atoms with E-state index in [9.17, 15) is 9.59 Å². The van der Waals surface area contributed by atoms with Crippen molar-refractivity contribution in [1.29, 1.82) is 0 Å². The van der Waals surface area contributed by atoms with E-state index in [4.69, 9.17) is 4.74 Å². The molecule has 0 radical (unpaired) electrons. The smallest absolute Gasteiger partial charge is 0.325 e. The number of esters is 1. The van der Waals surface area contributed by atoms with Crippen LogP contribution in [0.15, 0.2) is 24.3 Å². The van der Waals surface area contributed by atoms with Crippen LogP contribution in [0.3, 0.4) is 0 Å². The molecule has 0 N–H and O–H groups in total. The number of amides is 1. The van der Waals surface area contributed by atoms with Crippen LogP contribution in [0.2, 0.25) is 0 Å². The fourth-order valence-electron chi connectivity index (χ4n) is 1.61. The first-order chi connectivity index (χ1) is 9.47. The third-order valence-corrected chi connectivity index (χ3v) is 2.76. The van der Waals surface area contributed by atoms with Crippen molar-refractivity contribution in [3.8, 4) is 5.75 Å². The highest BCUT2D eigenvalue weighted by Gasteiger charge is 2.10. The maximum atomic E-state index is 11.8. The van der Waals surface area contributed by atoms with Gasteiger partial charge in [0.25, 0.3) is 0 Å². The molecule has 0 atom stereocenters. The molecule has 0 aliphatic heterocycles. The lowest BCUT2D eigenvalue weighted by molar-refractivity contribution is -0.144. The Kier molecular flexibility index (Phi) is 5.77. The van der Waals surface area contributed by atoms with Gasteiger partial charge in [0.1, 0.15) is 12.3 Å². The van der Waals surface area contributed by atoms with Gasteiger partial charge in [-0.15, -0.1) is 0 Å². The van der Waals surface area contributed by atoms with Gasteiger partial charge in [0.2, 0.25) is 5.91 Å². The van der Waals surface area contributed by atoms with Crippen LogP contribution in [-0.4, -0.2) is 44.6 Å². The molecule has 1 aromatic carbocycles. The van der Waals surface area contributed by atoms with E-state index in [1.165, 1.54) is 25.1 Å². The molecule has 0 fully saturated rings. The number of aryl methyl sites for hydroxylation is 1. The first-order valence-electron chi connectivity index (χ1n) is 6.12. The van der Waals surface area contributed by atoms with Crippen LogP contribution in [-0.2, 0) is 14.3 Å². The molecule has 0 spiro atoms.